The van der Waals surface area contributed by atoms with Crippen LogP contribution in [-0.2, 0) is 16.1 Å². The fourth-order valence-corrected chi connectivity index (χ4v) is 3.23. The number of halogens is 2. The molecule has 0 bridgehead atoms. The van der Waals surface area contributed by atoms with Crippen molar-refractivity contribution in [1.82, 2.24) is 0 Å². The van der Waals surface area contributed by atoms with Gasteiger partial charge in [0.15, 0.2) is 0 Å². The number of carboxylic acid groups (broad SMARTS) is 1. The lowest BCUT2D eigenvalue weighted by atomic mass is 9.97. The summed E-state index contributed by atoms with van der Waals surface area (Å²) >= 11 is 0. The lowest BCUT2D eigenvalue weighted by Crippen LogP contribution is -2.06. The Morgan fingerprint density at radius 1 is 0.969 bits per heavy atom. The first kappa shape index (κ1) is 22.8. The summed E-state index contributed by atoms with van der Waals surface area (Å²) < 4.78 is 39.0. The Labute approximate surface area is 184 Å². The highest BCUT2D eigenvalue weighted by molar-refractivity contribution is 5.98. The summed E-state index contributed by atoms with van der Waals surface area (Å²) in [6, 6.07) is 15.3. The van der Waals surface area contributed by atoms with E-state index in [9.17, 15) is 13.6 Å². The Balaban J connectivity index is 1.99. The molecule has 3 rings (SSSR count). The third kappa shape index (κ3) is 4.90. The molecule has 0 saturated heterocycles. The van der Waals surface area contributed by atoms with Crippen molar-refractivity contribution in [3.05, 3.63) is 101 Å². The van der Waals surface area contributed by atoms with E-state index < -0.39 is 17.3 Å². The van der Waals surface area contributed by atoms with Crippen molar-refractivity contribution in [1.29, 1.82) is 0 Å². The minimum Gasteiger partial charge on any atom is -0.481 e. The molecule has 7 heteroatoms. The molecule has 32 heavy (non-hydrogen) atoms. The van der Waals surface area contributed by atoms with Gasteiger partial charge in [-0.15, -0.1) is 0 Å². The molecule has 0 aliphatic rings. The van der Waals surface area contributed by atoms with Gasteiger partial charge in [0.1, 0.15) is 11.6 Å². The summed E-state index contributed by atoms with van der Waals surface area (Å²) in [5.41, 5.74) is 2.48. The summed E-state index contributed by atoms with van der Waals surface area (Å²) in [5.74, 6) is -2.39. The van der Waals surface area contributed by atoms with Gasteiger partial charge < -0.3 is 14.6 Å². The van der Waals surface area contributed by atoms with Crippen LogP contribution < -0.4 is 0 Å². The maximum absolute atomic E-state index is 14.3. The number of rotatable bonds is 7. The van der Waals surface area contributed by atoms with Crippen LogP contribution in [0.5, 0.6) is 0 Å². The van der Waals surface area contributed by atoms with Crippen molar-refractivity contribution >= 4 is 17.6 Å². The highest BCUT2D eigenvalue weighted by Gasteiger charge is 2.15. The summed E-state index contributed by atoms with van der Waals surface area (Å²) in [4.78, 5) is 15.3. The van der Waals surface area contributed by atoms with Crippen molar-refractivity contribution in [2.24, 2.45) is 4.99 Å². The largest absolute Gasteiger partial charge is 0.481 e. The van der Waals surface area contributed by atoms with E-state index in [-0.39, 0.29) is 24.0 Å². The van der Waals surface area contributed by atoms with Crippen molar-refractivity contribution in [3.8, 4) is 11.1 Å². The second-order valence-electron chi connectivity index (χ2n) is 6.85. The first-order valence-electron chi connectivity index (χ1n) is 9.57. The van der Waals surface area contributed by atoms with E-state index in [0.29, 0.717) is 22.3 Å². The van der Waals surface area contributed by atoms with Crippen molar-refractivity contribution in [2.45, 2.75) is 6.61 Å². The van der Waals surface area contributed by atoms with Gasteiger partial charge in [0.2, 0.25) is 5.90 Å². The third-order valence-electron chi connectivity index (χ3n) is 4.78. The minimum absolute atomic E-state index is 0.184. The van der Waals surface area contributed by atoms with Crippen molar-refractivity contribution in [3.63, 3.8) is 0 Å². The number of methoxy groups -OCH3 is 2. The van der Waals surface area contributed by atoms with Gasteiger partial charge in [0.05, 0.1) is 25.0 Å². The molecule has 5 nitrogen and oxygen atoms in total. The molecule has 0 aliphatic carbocycles. The summed E-state index contributed by atoms with van der Waals surface area (Å²) in [5, 5.41) is 8.98. The van der Waals surface area contributed by atoms with Gasteiger partial charge in [0.25, 0.3) is 0 Å². The van der Waals surface area contributed by atoms with Crippen molar-refractivity contribution < 1.29 is 28.2 Å². The van der Waals surface area contributed by atoms with Crippen LogP contribution in [0.4, 0.5) is 8.78 Å². The Kier molecular flexibility index (Phi) is 7.12. The average molecular weight is 437 g/mol. The zero-order valence-corrected chi connectivity index (χ0v) is 17.6. The Bertz CT molecular complexity index is 1200. The molecule has 0 amide bonds. The molecular formula is C25H21F2NO4. The number of carboxylic acids is 1. The van der Waals surface area contributed by atoms with Gasteiger partial charge in [-0.2, -0.15) is 0 Å². The number of hydrogen-bond donors (Lipinski definition) is 1. The maximum Gasteiger partial charge on any atom is 0.338 e. The number of hydrogen-bond acceptors (Lipinski definition) is 4. The van der Waals surface area contributed by atoms with Crippen LogP contribution >= 0.6 is 0 Å². The highest BCUT2D eigenvalue weighted by Crippen LogP contribution is 2.28. The lowest BCUT2D eigenvalue weighted by Gasteiger charge is -2.14. The van der Waals surface area contributed by atoms with Gasteiger partial charge in [-0.25, -0.2) is 18.6 Å². The van der Waals surface area contributed by atoms with E-state index in [4.69, 9.17) is 14.6 Å². The number of aliphatic imine (C=N–C) groups is 1. The average Bonchev–Trinajstić information content (AvgIpc) is 2.77. The molecule has 0 aromatic heterocycles. The molecule has 164 valence electrons. The number of aromatic carboxylic acids is 1. The standard InChI is InChI=1S/C25H21F2NO4/c1-15(16-8-11-21(25(29)30)23(27)13-16)28-24(32-3)17-9-10-19(18(12-17)14-31-2)20-6-4-5-7-22(20)26/h4-13H,1,14H2,2-3H3,(H,29,30). The SMILES string of the molecule is C=C(N=C(OC)c1ccc(-c2ccccc2F)c(COC)c1)c1ccc(C(=O)O)c(F)c1. The molecule has 0 atom stereocenters. The van der Waals surface area contributed by atoms with Gasteiger partial charge >= 0.3 is 5.97 Å². The molecule has 0 fully saturated rings. The van der Waals surface area contributed by atoms with Crippen molar-refractivity contribution in [2.75, 3.05) is 14.2 Å². The molecule has 1 N–H and O–H groups in total. The number of ether oxygens (including phenoxy) is 2. The molecule has 0 saturated carbocycles. The van der Waals surface area contributed by atoms with Crippen LogP contribution in [0.1, 0.15) is 27.0 Å². The van der Waals surface area contributed by atoms with Crippen LogP contribution in [0.2, 0.25) is 0 Å². The Hall–Kier alpha value is -3.84. The highest BCUT2D eigenvalue weighted by atomic mass is 19.1. The van der Waals surface area contributed by atoms with E-state index in [1.54, 1.807) is 43.5 Å². The van der Waals surface area contributed by atoms with E-state index in [0.717, 1.165) is 17.7 Å². The topological polar surface area (TPSA) is 68.1 Å². The van der Waals surface area contributed by atoms with Crippen LogP contribution in [0, 0.1) is 11.6 Å². The first-order valence-corrected chi connectivity index (χ1v) is 9.57. The summed E-state index contributed by atoms with van der Waals surface area (Å²) in [6.07, 6.45) is 0. The third-order valence-corrected chi connectivity index (χ3v) is 4.78. The molecule has 0 radical (unpaired) electrons. The van der Waals surface area contributed by atoms with E-state index in [2.05, 4.69) is 11.6 Å². The molecule has 0 spiro atoms. The normalized spacial score (nSPS) is 11.3. The second kappa shape index (κ2) is 9.98. The number of nitrogens with zero attached hydrogens (tertiary/aromatic N) is 1. The second-order valence-corrected chi connectivity index (χ2v) is 6.85. The van der Waals surface area contributed by atoms with Crippen LogP contribution in [0.3, 0.4) is 0 Å². The Morgan fingerprint density at radius 2 is 1.69 bits per heavy atom. The van der Waals surface area contributed by atoms with E-state index in [1.807, 2.05) is 0 Å². The van der Waals surface area contributed by atoms with Gasteiger partial charge in [-0.05, 0) is 41.5 Å². The molecule has 0 aliphatic heterocycles. The number of carbonyl (C=O) groups is 1. The fraction of sp³-hybridized carbons (Fsp3) is 0.120. The van der Waals surface area contributed by atoms with Gasteiger partial charge in [-0.3, -0.25) is 0 Å². The first-order chi connectivity index (χ1) is 15.3. The van der Waals surface area contributed by atoms with Crippen LogP contribution in [-0.4, -0.2) is 31.2 Å². The number of benzene rings is 3. The molecule has 3 aromatic carbocycles. The Morgan fingerprint density at radius 3 is 2.31 bits per heavy atom. The zero-order chi connectivity index (χ0) is 23.3. The molecule has 0 unspecified atom stereocenters. The van der Waals surface area contributed by atoms with Crippen LogP contribution in [0.25, 0.3) is 16.8 Å². The summed E-state index contributed by atoms with van der Waals surface area (Å²) in [6.45, 7) is 4.07. The predicted octanol–water partition coefficient (Wildman–Crippen LogP) is 5.54. The maximum atomic E-state index is 14.3. The predicted molar refractivity (Wildman–Crippen MR) is 118 cm³/mol. The smallest absolute Gasteiger partial charge is 0.338 e. The summed E-state index contributed by atoms with van der Waals surface area (Å²) in [7, 11) is 2.97. The molecule has 0 heterocycles. The van der Waals surface area contributed by atoms with Gasteiger partial charge in [0, 0.05) is 23.8 Å². The molecule has 3 aromatic rings. The monoisotopic (exact) mass is 437 g/mol. The molecular weight excluding hydrogens is 416 g/mol. The quantitative estimate of drug-likeness (QED) is 0.389. The van der Waals surface area contributed by atoms with Gasteiger partial charge in [-0.1, -0.05) is 36.9 Å². The van der Waals surface area contributed by atoms with Crippen LogP contribution in [0.15, 0.2) is 72.2 Å². The van der Waals surface area contributed by atoms with E-state index >= 15 is 0 Å². The lowest BCUT2D eigenvalue weighted by molar-refractivity contribution is 0.0692. The zero-order valence-electron chi connectivity index (χ0n) is 17.6. The fourth-order valence-electron chi connectivity index (χ4n) is 3.23. The minimum atomic E-state index is -1.36. The van der Waals surface area contributed by atoms with E-state index in [1.165, 1.54) is 19.2 Å².